The zero-order valence-electron chi connectivity index (χ0n) is 14.2. The van der Waals surface area contributed by atoms with Crippen LogP contribution in [0.2, 0.25) is 5.02 Å². The SMILES string of the molecule is CN(Cc1ccc2nccnc2c1)C(=O)CCCc1ccc(Cl)cc1. The number of nitrogens with zero attached hydrogens (tertiary/aromatic N) is 3. The summed E-state index contributed by atoms with van der Waals surface area (Å²) in [5.74, 6) is 0.146. The van der Waals surface area contributed by atoms with Gasteiger partial charge in [0, 0.05) is 37.4 Å². The zero-order chi connectivity index (χ0) is 17.6. The third kappa shape index (κ3) is 4.77. The molecule has 4 nitrogen and oxygen atoms in total. The van der Waals surface area contributed by atoms with Gasteiger partial charge in [-0.15, -0.1) is 0 Å². The molecule has 0 atom stereocenters. The van der Waals surface area contributed by atoms with Gasteiger partial charge in [0.15, 0.2) is 0 Å². The van der Waals surface area contributed by atoms with Gasteiger partial charge in [-0.25, -0.2) is 0 Å². The maximum absolute atomic E-state index is 12.3. The normalized spacial score (nSPS) is 10.8. The summed E-state index contributed by atoms with van der Waals surface area (Å²) in [5, 5.41) is 0.736. The van der Waals surface area contributed by atoms with Crippen molar-refractivity contribution in [2.24, 2.45) is 0 Å². The quantitative estimate of drug-likeness (QED) is 0.665. The molecule has 0 fully saturated rings. The summed E-state index contributed by atoms with van der Waals surface area (Å²) in [6.45, 7) is 0.576. The molecule has 0 saturated carbocycles. The minimum Gasteiger partial charge on any atom is -0.341 e. The molecule has 1 heterocycles. The molecule has 2 aromatic carbocycles. The van der Waals surface area contributed by atoms with Crippen LogP contribution < -0.4 is 0 Å². The van der Waals surface area contributed by atoms with E-state index in [1.54, 1.807) is 17.3 Å². The summed E-state index contributed by atoms with van der Waals surface area (Å²) in [5.41, 5.74) is 3.97. The number of benzene rings is 2. The minimum absolute atomic E-state index is 0.146. The van der Waals surface area contributed by atoms with Gasteiger partial charge >= 0.3 is 0 Å². The third-order valence-electron chi connectivity index (χ3n) is 4.15. The van der Waals surface area contributed by atoms with Crippen molar-refractivity contribution < 1.29 is 4.79 Å². The van der Waals surface area contributed by atoms with E-state index in [-0.39, 0.29) is 5.91 Å². The highest BCUT2D eigenvalue weighted by atomic mass is 35.5. The van der Waals surface area contributed by atoms with E-state index < -0.39 is 0 Å². The van der Waals surface area contributed by atoms with Gasteiger partial charge in [0.05, 0.1) is 11.0 Å². The Kier molecular flexibility index (Phi) is 5.61. The Morgan fingerprint density at radius 3 is 2.44 bits per heavy atom. The van der Waals surface area contributed by atoms with E-state index in [0.717, 1.165) is 34.5 Å². The van der Waals surface area contributed by atoms with Crippen molar-refractivity contribution in [2.45, 2.75) is 25.8 Å². The number of fused-ring (bicyclic) bond motifs is 1. The van der Waals surface area contributed by atoms with Crippen molar-refractivity contribution in [3.8, 4) is 0 Å². The van der Waals surface area contributed by atoms with E-state index in [4.69, 9.17) is 11.6 Å². The number of hydrogen-bond acceptors (Lipinski definition) is 3. The first-order valence-electron chi connectivity index (χ1n) is 8.30. The van der Waals surface area contributed by atoms with E-state index in [9.17, 15) is 4.79 Å². The standard InChI is InChI=1S/C20H20ClN3O/c1-24(14-16-7-10-18-19(13-16)23-12-11-22-18)20(25)4-2-3-15-5-8-17(21)9-6-15/h5-13H,2-4,14H2,1H3. The maximum atomic E-state index is 12.3. The van der Waals surface area contributed by atoms with Gasteiger partial charge in [-0.1, -0.05) is 29.8 Å². The molecule has 0 N–H and O–H groups in total. The Labute approximate surface area is 152 Å². The molecule has 0 unspecified atom stereocenters. The number of carbonyl (C=O) groups is 1. The smallest absolute Gasteiger partial charge is 0.222 e. The lowest BCUT2D eigenvalue weighted by molar-refractivity contribution is -0.130. The number of amides is 1. The lowest BCUT2D eigenvalue weighted by Crippen LogP contribution is -2.26. The molecule has 0 aliphatic heterocycles. The van der Waals surface area contributed by atoms with Gasteiger partial charge in [0.2, 0.25) is 5.91 Å². The molecule has 0 spiro atoms. The van der Waals surface area contributed by atoms with E-state index in [2.05, 4.69) is 9.97 Å². The van der Waals surface area contributed by atoms with E-state index in [1.165, 1.54) is 5.56 Å². The predicted molar refractivity (Wildman–Crippen MR) is 100 cm³/mol. The van der Waals surface area contributed by atoms with Crippen LogP contribution in [0.15, 0.2) is 54.9 Å². The topological polar surface area (TPSA) is 46.1 Å². The molecule has 1 aromatic heterocycles. The van der Waals surface area contributed by atoms with Crippen LogP contribution in [0, 0.1) is 0 Å². The summed E-state index contributed by atoms with van der Waals surface area (Å²) in [6, 6.07) is 13.7. The molecule has 128 valence electrons. The number of hydrogen-bond donors (Lipinski definition) is 0. The van der Waals surface area contributed by atoms with Gasteiger partial charge in [-0.3, -0.25) is 14.8 Å². The number of rotatable bonds is 6. The lowest BCUT2D eigenvalue weighted by atomic mass is 10.1. The van der Waals surface area contributed by atoms with Crippen molar-refractivity contribution in [3.05, 3.63) is 71.0 Å². The second kappa shape index (κ2) is 8.08. The monoisotopic (exact) mass is 353 g/mol. The molecule has 1 amide bonds. The molecule has 0 aliphatic carbocycles. The molecule has 0 radical (unpaired) electrons. The predicted octanol–water partition coefficient (Wildman–Crippen LogP) is 4.26. The summed E-state index contributed by atoms with van der Waals surface area (Å²) in [7, 11) is 1.84. The first kappa shape index (κ1) is 17.4. The van der Waals surface area contributed by atoms with Gasteiger partial charge < -0.3 is 4.90 Å². The number of halogens is 1. The average molecular weight is 354 g/mol. The number of aryl methyl sites for hydroxylation is 1. The molecule has 0 bridgehead atoms. The van der Waals surface area contributed by atoms with Crippen molar-refractivity contribution >= 4 is 28.5 Å². The highest BCUT2D eigenvalue weighted by molar-refractivity contribution is 6.30. The first-order chi connectivity index (χ1) is 12.1. The Hall–Kier alpha value is -2.46. The fourth-order valence-electron chi connectivity index (χ4n) is 2.75. The van der Waals surface area contributed by atoms with E-state index in [0.29, 0.717) is 13.0 Å². The van der Waals surface area contributed by atoms with Crippen LogP contribution >= 0.6 is 11.6 Å². The largest absolute Gasteiger partial charge is 0.341 e. The summed E-state index contributed by atoms with van der Waals surface area (Å²) < 4.78 is 0. The Balaban J connectivity index is 1.52. The Bertz CT molecular complexity index is 864. The fraction of sp³-hybridized carbons (Fsp3) is 0.250. The van der Waals surface area contributed by atoms with Crippen molar-refractivity contribution in [2.75, 3.05) is 7.05 Å². The van der Waals surface area contributed by atoms with E-state index in [1.807, 2.05) is 49.5 Å². The Morgan fingerprint density at radius 2 is 1.68 bits per heavy atom. The van der Waals surface area contributed by atoms with Crippen molar-refractivity contribution in [1.82, 2.24) is 14.9 Å². The summed E-state index contributed by atoms with van der Waals surface area (Å²) >= 11 is 5.88. The maximum Gasteiger partial charge on any atom is 0.222 e. The second-order valence-corrected chi connectivity index (χ2v) is 6.55. The molecular weight excluding hydrogens is 334 g/mol. The third-order valence-corrected chi connectivity index (χ3v) is 4.40. The highest BCUT2D eigenvalue weighted by Crippen LogP contribution is 2.14. The van der Waals surface area contributed by atoms with Crippen LogP contribution in [0.25, 0.3) is 11.0 Å². The first-order valence-corrected chi connectivity index (χ1v) is 8.68. The average Bonchev–Trinajstić information content (AvgIpc) is 2.63. The highest BCUT2D eigenvalue weighted by Gasteiger charge is 2.10. The van der Waals surface area contributed by atoms with Gasteiger partial charge in [-0.2, -0.15) is 0 Å². The van der Waals surface area contributed by atoms with Crippen LogP contribution in [0.5, 0.6) is 0 Å². The van der Waals surface area contributed by atoms with E-state index >= 15 is 0 Å². The van der Waals surface area contributed by atoms with Gasteiger partial charge in [0.1, 0.15) is 0 Å². The minimum atomic E-state index is 0.146. The molecule has 0 aliphatic rings. The van der Waals surface area contributed by atoms with Crippen LogP contribution in [0.4, 0.5) is 0 Å². The molecule has 0 saturated heterocycles. The van der Waals surface area contributed by atoms with Gasteiger partial charge in [-0.05, 0) is 48.2 Å². The summed E-state index contributed by atoms with van der Waals surface area (Å²) in [4.78, 5) is 22.7. The Morgan fingerprint density at radius 1 is 1.00 bits per heavy atom. The lowest BCUT2D eigenvalue weighted by Gasteiger charge is -2.17. The number of carbonyl (C=O) groups excluding carboxylic acids is 1. The zero-order valence-corrected chi connectivity index (χ0v) is 14.9. The molecule has 3 aromatic rings. The summed E-state index contributed by atoms with van der Waals surface area (Å²) in [6.07, 6.45) is 5.60. The second-order valence-electron chi connectivity index (χ2n) is 6.11. The van der Waals surface area contributed by atoms with Crippen molar-refractivity contribution in [1.29, 1.82) is 0 Å². The van der Waals surface area contributed by atoms with Crippen LogP contribution in [-0.4, -0.2) is 27.8 Å². The molecule has 5 heteroatoms. The molecular formula is C20H20ClN3O. The fourth-order valence-corrected chi connectivity index (χ4v) is 2.88. The molecule has 25 heavy (non-hydrogen) atoms. The number of aromatic nitrogens is 2. The van der Waals surface area contributed by atoms with Gasteiger partial charge in [0.25, 0.3) is 0 Å². The van der Waals surface area contributed by atoms with Crippen LogP contribution in [-0.2, 0) is 17.8 Å². The van der Waals surface area contributed by atoms with Crippen LogP contribution in [0.3, 0.4) is 0 Å². The van der Waals surface area contributed by atoms with Crippen molar-refractivity contribution in [3.63, 3.8) is 0 Å². The van der Waals surface area contributed by atoms with Crippen LogP contribution in [0.1, 0.15) is 24.0 Å². The molecule has 3 rings (SSSR count).